The van der Waals surface area contributed by atoms with Crippen LogP contribution < -0.4 is 5.32 Å². The van der Waals surface area contributed by atoms with E-state index in [1.54, 1.807) is 11.7 Å². The summed E-state index contributed by atoms with van der Waals surface area (Å²) in [5.41, 5.74) is 1.01. The summed E-state index contributed by atoms with van der Waals surface area (Å²) in [6, 6.07) is 0. The third-order valence-electron chi connectivity index (χ3n) is 2.33. The molecule has 7 nitrogen and oxygen atoms in total. The zero-order valence-corrected chi connectivity index (χ0v) is 11.6. The van der Waals surface area contributed by atoms with Gasteiger partial charge in [-0.2, -0.15) is 0 Å². The third-order valence-corrected chi connectivity index (χ3v) is 3.45. The molecule has 96 valence electrons. The summed E-state index contributed by atoms with van der Waals surface area (Å²) in [4.78, 5) is 8.82. The molecule has 0 aliphatic carbocycles. The Labute approximate surface area is 109 Å². The maximum Gasteiger partial charge on any atom is 0.215 e. The number of nitrogens with one attached hydrogen (secondary N) is 1. The Morgan fingerprint density at radius 1 is 1.28 bits per heavy atom. The molecule has 0 atom stereocenters. The van der Waals surface area contributed by atoms with E-state index >= 15 is 0 Å². The van der Waals surface area contributed by atoms with Crippen molar-refractivity contribution in [1.82, 2.24) is 30.2 Å². The summed E-state index contributed by atoms with van der Waals surface area (Å²) >= 11 is 1.44. The Bertz CT molecular complexity index is 551. The van der Waals surface area contributed by atoms with E-state index in [0.29, 0.717) is 5.16 Å². The lowest BCUT2D eigenvalue weighted by Crippen LogP contribution is -2.06. The van der Waals surface area contributed by atoms with Gasteiger partial charge in [-0.25, -0.2) is 14.6 Å². The predicted octanol–water partition coefficient (Wildman–Crippen LogP) is 1.20. The second-order valence-electron chi connectivity index (χ2n) is 3.77. The van der Waals surface area contributed by atoms with Gasteiger partial charge in [0.25, 0.3) is 0 Å². The molecule has 0 fully saturated rings. The number of nitrogens with zero attached hydrogens (tertiary/aromatic N) is 6. The van der Waals surface area contributed by atoms with Crippen LogP contribution in [0, 0.1) is 13.8 Å². The summed E-state index contributed by atoms with van der Waals surface area (Å²) in [6.07, 6.45) is 0. The van der Waals surface area contributed by atoms with Crippen molar-refractivity contribution in [3.8, 4) is 0 Å². The first-order valence-electron chi connectivity index (χ1n) is 5.61. The molecule has 2 heterocycles. The molecule has 0 aliphatic heterocycles. The molecule has 2 aromatic rings. The third kappa shape index (κ3) is 2.58. The molecule has 18 heavy (non-hydrogen) atoms. The molecular weight excluding hydrogens is 250 g/mol. The lowest BCUT2D eigenvalue weighted by molar-refractivity contribution is 0.664. The van der Waals surface area contributed by atoms with Crippen LogP contribution >= 0.6 is 11.8 Å². The molecule has 0 spiro atoms. The van der Waals surface area contributed by atoms with Crippen molar-refractivity contribution < 1.29 is 0 Å². The van der Waals surface area contributed by atoms with Crippen LogP contribution in [0.4, 0.5) is 5.82 Å². The van der Waals surface area contributed by atoms with Crippen LogP contribution in [0.3, 0.4) is 0 Å². The van der Waals surface area contributed by atoms with Gasteiger partial charge in [0.15, 0.2) is 0 Å². The van der Waals surface area contributed by atoms with Crippen molar-refractivity contribution in [3.63, 3.8) is 0 Å². The number of hydrogen-bond donors (Lipinski definition) is 1. The average molecular weight is 265 g/mol. The Hall–Kier alpha value is -1.70. The number of tetrazole rings is 1. The van der Waals surface area contributed by atoms with Crippen molar-refractivity contribution in [3.05, 3.63) is 11.4 Å². The van der Waals surface area contributed by atoms with Gasteiger partial charge in [-0.1, -0.05) is 0 Å². The number of anilines is 1. The van der Waals surface area contributed by atoms with Crippen molar-refractivity contribution >= 4 is 17.6 Å². The van der Waals surface area contributed by atoms with Crippen molar-refractivity contribution in [2.75, 3.05) is 11.9 Å². The van der Waals surface area contributed by atoms with Crippen molar-refractivity contribution in [1.29, 1.82) is 0 Å². The molecule has 2 aromatic heterocycles. The van der Waals surface area contributed by atoms with Crippen LogP contribution in [0.5, 0.6) is 0 Å². The zero-order valence-electron chi connectivity index (χ0n) is 10.8. The Morgan fingerprint density at radius 3 is 2.67 bits per heavy atom. The lowest BCUT2D eigenvalue weighted by atomic mass is 10.3. The summed E-state index contributed by atoms with van der Waals surface area (Å²) in [5, 5.41) is 16.2. The molecule has 0 saturated carbocycles. The minimum Gasteiger partial charge on any atom is -0.370 e. The van der Waals surface area contributed by atoms with Gasteiger partial charge in [0.05, 0.1) is 0 Å². The Balaban J connectivity index is 2.35. The molecule has 0 amide bonds. The second kappa shape index (κ2) is 5.30. The molecule has 8 heteroatoms. The van der Waals surface area contributed by atoms with Crippen LogP contribution in [-0.2, 0) is 7.05 Å². The average Bonchev–Trinajstić information content (AvgIpc) is 2.71. The van der Waals surface area contributed by atoms with Gasteiger partial charge in [0.1, 0.15) is 16.7 Å². The smallest absolute Gasteiger partial charge is 0.215 e. The molecule has 0 unspecified atom stereocenters. The van der Waals surface area contributed by atoms with Gasteiger partial charge < -0.3 is 5.32 Å². The fourth-order valence-electron chi connectivity index (χ4n) is 1.44. The van der Waals surface area contributed by atoms with Gasteiger partial charge in [0, 0.05) is 19.2 Å². The molecule has 0 radical (unpaired) electrons. The minimum atomic E-state index is 0.707. The monoisotopic (exact) mass is 265 g/mol. The number of rotatable bonds is 4. The van der Waals surface area contributed by atoms with Gasteiger partial charge in [-0.05, 0) is 43.0 Å². The van der Waals surface area contributed by atoms with Crippen LogP contribution in [0.1, 0.15) is 18.3 Å². The largest absolute Gasteiger partial charge is 0.370 e. The Morgan fingerprint density at radius 2 is 2.06 bits per heavy atom. The highest BCUT2D eigenvalue weighted by molar-refractivity contribution is 7.99. The van der Waals surface area contributed by atoms with Crippen molar-refractivity contribution in [2.45, 2.75) is 31.0 Å². The van der Waals surface area contributed by atoms with Crippen LogP contribution in [0.15, 0.2) is 10.2 Å². The summed E-state index contributed by atoms with van der Waals surface area (Å²) in [5.74, 6) is 1.59. The van der Waals surface area contributed by atoms with E-state index in [1.807, 2.05) is 20.8 Å². The summed E-state index contributed by atoms with van der Waals surface area (Å²) < 4.78 is 1.62. The quantitative estimate of drug-likeness (QED) is 0.832. The molecule has 0 bridgehead atoms. The van der Waals surface area contributed by atoms with E-state index in [0.717, 1.165) is 28.8 Å². The molecule has 1 N–H and O–H groups in total. The molecule has 0 aromatic carbocycles. The van der Waals surface area contributed by atoms with Gasteiger partial charge in [-0.3, -0.25) is 0 Å². The molecule has 0 aliphatic rings. The normalized spacial score (nSPS) is 10.7. The highest BCUT2D eigenvalue weighted by Crippen LogP contribution is 2.29. The second-order valence-corrected chi connectivity index (χ2v) is 4.72. The predicted molar refractivity (Wildman–Crippen MR) is 68.6 cm³/mol. The SMILES string of the molecule is CCNc1nc(C)nc(Sc2nnnn2C)c1C. The molecular formula is C10H15N7S. The highest BCUT2D eigenvalue weighted by Gasteiger charge is 2.13. The fraction of sp³-hybridized carbons (Fsp3) is 0.500. The van der Waals surface area contributed by atoms with E-state index in [1.165, 1.54) is 11.8 Å². The maximum atomic E-state index is 4.43. The van der Waals surface area contributed by atoms with Crippen LogP contribution in [0.2, 0.25) is 0 Å². The van der Waals surface area contributed by atoms with E-state index in [2.05, 4.69) is 30.8 Å². The number of aromatic nitrogens is 6. The first-order valence-corrected chi connectivity index (χ1v) is 6.42. The standard InChI is InChI=1S/C10H15N7S/c1-5-11-8-6(2)9(13-7(3)12-8)18-10-14-15-16-17(10)4/h5H2,1-4H3,(H,11,12,13). The number of aryl methyl sites for hydroxylation is 2. The molecule has 0 saturated heterocycles. The van der Waals surface area contributed by atoms with Crippen LogP contribution in [0.25, 0.3) is 0 Å². The fourth-order valence-corrected chi connectivity index (χ4v) is 2.28. The van der Waals surface area contributed by atoms with Gasteiger partial charge >= 0.3 is 0 Å². The zero-order chi connectivity index (χ0) is 13.1. The van der Waals surface area contributed by atoms with E-state index in [9.17, 15) is 0 Å². The lowest BCUT2D eigenvalue weighted by Gasteiger charge is -2.10. The first-order chi connectivity index (χ1) is 8.61. The van der Waals surface area contributed by atoms with Crippen molar-refractivity contribution in [2.24, 2.45) is 7.05 Å². The first kappa shape index (κ1) is 12.7. The van der Waals surface area contributed by atoms with E-state index in [4.69, 9.17) is 0 Å². The molecule has 2 rings (SSSR count). The number of hydrogen-bond acceptors (Lipinski definition) is 7. The Kier molecular flexibility index (Phi) is 3.75. The highest BCUT2D eigenvalue weighted by atomic mass is 32.2. The van der Waals surface area contributed by atoms with Crippen LogP contribution in [-0.4, -0.2) is 36.7 Å². The minimum absolute atomic E-state index is 0.707. The van der Waals surface area contributed by atoms with Gasteiger partial charge in [-0.15, -0.1) is 5.10 Å². The van der Waals surface area contributed by atoms with Gasteiger partial charge in [0.2, 0.25) is 5.16 Å². The van der Waals surface area contributed by atoms with E-state index in [-0.39, 0.29) is 0 Å². The van der Waals surface area contributed by atoms with E-state index < -0.39 is 0 Å². The summed E-state index contributed by atoms with van der Waals surface area (Å²) in [7, 11) is 1.80. The maximum absolute atomic E-state index is 4.43. The topological polar surface area (TPSA) is 81.4 Å². The summed E-state index contributed by atoms with van der Waals surface area (Å²) in [6.45, 7) is 6.73.